The standard InChI is InChI=1S/C11H19NO/c1-9(12(2)3)11(13)10-7-5-4-6-8-10/h4-7,9-11,13H,8H2,1-3H3/t9-,10?,11-/m1/s1. The van der Waals surface area contributed by atoms with E-state index in [1.54, 1.807) is 0 Å². The van der Waals surface area contributed by atoms with Gasteiger partial charge in [-0.05, 0) is 27.4 Å². The fourth-order valence-electron chi connectivity index (χ4n) is 1.52. The van der Waals surface area contributed by atoms with Gasteiger partial charge in [0.1, 0.15) is 0 Å². The molecular weight excluding hydrogens is 162 g/mol. The number of allylic oxidation sites excluding steroid dienone is 3. The maximum absolute atomic E-state index is 9.99. The number of aliphatic hydroxyl groups is 1. The molecule has 0 saturated heterocycles. The van der Waals surface area contributed by atoms with Crippen molar-refractivity contribution in [1.29, 1.82) is 0 Å². The topological polar surface area (TPSA) is 23.5 Å². The van der Waals surface area contributed by atoms with Crippen LogP contribution in [0, 0.1) is 5.92 Å². The van der Waals surface area contributed by atoms with E-state index in [1.165, 1.54) is 0 Å². The van der Waals surface area contributed by atoms with Gasteiger partial charge in [-0.25, -0.2) is 0 Å². The third kappa shape index (κ3) is 2.68. The lowest BCUT2D eigenvalue weighted by atomic mass is 9.90. The molecule has 3 atom stereocenters. The van der Waals surface area contributed by atoms with Gasteiger partial charge < -0.3 is 10.0 Å². The zero-order chi connectivity index (χ0) is 9.84. The van der Waals surface area contributed by atoms with Crippen LogP contribution in [0.25, 0.3) is 0 Å². The maximum Gasteiger partial charge on any atom is 0.0757 e. The number of hydrogen-bond donors (Lipinski definition) is 1. The molecule has 2 heteroatoms. The van der Waals surface area contributed by atoms with Gasteiger partial charge in [-0.1, -0.05) is 24.3 Å². The van der Waals surface area contributed by atoms with E-state index in [0.29, 0.717) is 0 Å². The van der Waals surface area contributed by atoms with Crippen LogP contribution in [0.3, 0.4) is 0 Å². The van der Waals surface area contributed by atoms with Crippen LogP contribution in [0.5, 0.6) is 0 Å². The second-order valence-electron chi connectivity index (χ2n) is 3.91. The molecule has 0 bridgehead atoms. The highest BCUT2D eigenvalue weighted by atomic mass is 16.3. The van der Waals surface area contributed by atoms with E-state index in [9.17, 15) is 5.11 Å². The normalized spacial score (nSPS) is 26.4. The predicted octanol–water partition coefficient (Wildman–Crippen LogP) is 1.43. The van der Waals surface area contributed by atoms with Gasteiger partial charge >= 0.3 is 0 Å². The fraction of sp³-hybridized carbons (Fsp3) is 0.636. The van der Waals surface area contributed by atoms with Crippen molar-refractivity contribution in [3.63, 3.8) is 0 Å². The molecule has 0 amide bonds. The first-order valence-corrected chi connectivity index (χ1v) is 4.80. The molecule has 0 radical (unpaired) electrons. The molecule has 0 spiro atoms. The van der Waals surface area contributed by atoms with Crippen molar-refractivity contribution >= 4 is 0 Å². The first-order valence-electron chi connectivity index (χ1n) is 4.80. The molecule has 0 aromatic rings. The van der Waals surface area contributed by atoms with E-state index < -0.39 is 0 Å². The summed E-state index contributed by atoms with van der Waals surface area (Å²) in [6, 6.07) is 0.209. The Kier molecular flexibility index (Phi) is 3.70. The summed E-state index contributed by atoms with van der Waals surface area (Å²) in [5, 5.41) is 9.99. The van der Waals surface area contributed by atoms with Crippen molar-refractivity contribution in [2.24, 2.45) is 5.92 Å². The molecule has 1 aliphatic carbocycles. The van der Waals surface area contributed by atoms with Crippen LogP contribution >= 0.6 is 0 Å². The van der Waals surface area contributed by atoms with Crippen LogP contribution in [0.1, 0.15) is 13.3 Å². The fourth-order valence-corrected chi connectivity index (χ4v) is 1.52. The smallest absolute Gasteiger partial charge is 0.0757 e. The molecule has 1 aliphatic rings. The Hall–Kier alpha value is -0.600. The lowest BCUT2D eigenvalue weighted by molar-refractivity contribution is 0.0533. The molecular formula is C11H19NO. The quantitative estimate of drug-likeness (QED) is 0.712. The van der Waals surface area contributed by atoms with Crippen molar-refractivity contribution in [1.82, 2.24) is 4.90 Å². The lowest BCUT2D eigenvalue weighted by Gasteiger charge is -2.30. The van der Waals surface area contributed by atoms with E-state index in [0.717, 1.165) is 6.42 Å². The number of aliphatic hydroxyl groups excluding tert-OH is 1. The Morgan fingerprint density at radius 2 is 2.08 bits per heavy atom. The van der Waals surface area contributed by atoms with Crippen LogP contribution in [0.15, 0.2) is 24.3 Å². The molecule has 0 saturated carbocycles. The Morgan fingerprint density at radius 1 is 1.38 bits per heavy atom. The van der Waals surface area contributed by atoms with Gasteiger partial charge in [0.15, 0.2) is 0 Å². The van der Waals surface area contributed by atoms with Crippen molar-refractivity contribution in [3.8, 4) is 0 Å². The average Bonchev–Trinajstić information content (AvgIpc) is 2.17. The van der Waals surface area contributed by atoms with E-state index in [4.69, 9.17) is 0 Å². The van der Waals surface area contributed by atoms with Crippen molar-refractivity contribution in [3.05, 3.63) is 24.3 Å². The second-order valence-corrected chi connectivity index (χ2v) is 3.91. The summed E-state index contributed by atoms with van der Waals surface area (Å²) in [6.07, 6.45) is 8.93. The minimum Gasteiger partial charge on any atom is -0.391 e. The number of hydrogen-bond acceptors (Lipinski definition) is 2. The number of rotatable bonds is 3. The summed E-state index contributed by atoms with van der Waals surface area (Å²) in [5.74, 6) is 0.280. The molecule has 1 rings (SSSR count). The summed E-state index contributed by atoms with van der Waals surface area (Å²) < 4.78 is 0. The van der Waals surface area contributed by atoms with Gasteiger partial charge in [0, 0.05) is 12.0 Å². The first-order chi connectivity index (χ1) is 6.13. The Morgan fingerprint density at radius 3 is 2.54 bits per heavy atom. The maximum atomic E-state index is 9.99. The Bertz CT molecular complexity index is 208. The van der Waals surface area contributed by atoms with Gasteiger partial charge in [-0.3, -0.25) is 0 Å². The van der Waals surface area contributed by atoms with Gasteiger partial charge in [0.05, 0.1) is 6.10 Å². The molecule has 74 valence electrons. The first kappa shape index (κ1) is 10.5. The minimum absolute atomic E-state index is 0.209. The molecule has 0 aliphatic heterocycles. The van der Waals surface area contributed by atoms with E-state index in [-0.39, 0.29) is 18.1 Å². The highest BCUT2D eigenvalue weighted by molar-refractivity contribution is 5.12. The summed E-state index contributed by atoms with van der Waals surface area (Å²) >= 11 is 0. The third-order valence-electron chi connectivity index (χ3n) is 2.76. The molecule has 0 aromatic carbocycles. The van der Waals surface area contributed by atoms with Crippen molar-refractivity contribution in [2.45, 2.75) is 25.5 Å². The Balaban J connectivity index is 2.51. The predicted molar refractivity (Wildman–Crippen MR) is 55.5 cm³/mol. The summed E-state index contributed by atoms with van der Waals surface area (Å²) in [7, 11) is 3.99. The molecule has 0 heterocycles. The summed E-state index contributed by atoms with van der Waals surface area (Å²) in [4.78, 5) is 2.05. The van der Waals surface area contributed by atoms with Gasteiger partial charge in [0.25, 0.3) is 0 Å². The van der Waals surface area contributed by atoms with E-state index in [2.05, 4.69) is 24.0 Å². The van der Waals surface area contributed by atoms with Crippen LogP contribution in [-0.2, 0) is 0 Å². The van der Waals surface area contributed by atoms with Crippen molar-refractivity contribution < 1.29 is 5.11 Å². The van der Waals surface area contributed by atoms with E-state index in [1.807, 2.05) is 26.2 Å². The molecule has 2 nitrogen and oxygen atoms in total. The zero-order valence-corrected chi connectivity index (χ0v) is 8.64. The molecule has 0 fully saturated rings. The number of nitrogens with zero attached hydrogens (tertiary/aromatic N) is 1. The van der Waals surface area contributed by atoms with Crippen LogP contribution in [0.4, 0.5) is 0 Å². The highest BCUT2D eigenvalue weighted by Crippen LogP contribution is 2.19. The van der Waals surface area contributed by atoms with Crippen LogP contribution in [0.2, 0.25) is 0 Å². The van der Waals surface area contributed by atoms with Gasteiger partial charge in [-0.15, -0.1) is 0 Å². The minimum atomic E-state index is -0.267. The molecule has 13 heavy (non-hydrogen) atoms. The van der Waals surface area contributed by atoms with E-state index >= 15 is 0 Å². The SMILES string of the molecule is C[C@H]([C@@H](O)C1C=CC=CC1)N(C)C. The second kappa shape index (κ2) is 4.58. The summed E-state index contributed by atoms with van der Waals surface area (Å²) in [6.45, 7) is 2.05. The lowest BCUT2D eigenvalue weighted by Crippen LogP contribution is -2.40. The van der Waals surface area contributed by atoms with Gasteiger partial charge in [0.2, 0.25) is 0 Å². The third-order valence-corrected chi connectivity index (χ3v) is 2.76. The van der Waals surface area contributed by atoms with Crippen molar-refractivity contribution in [2.75, 3.05) is 14.1 Å². The highest BCUT2D eigenvalue weighted by Gasteiger charge is 2.23. The monoisotopic (exact) mass is 181 g/mol. The van der Waals surface area contributed by atoms with Gasteiger partial charge in [-0.2, -0.15) is 0 Å². The largest absolute Gasteiger partial charge is 0.391 e. The average molecular weight is 181 g/mol. The number of likely N-dealkylation sites (N-methyl/N-ethyl adjacent to an activating group) is 1. The molecule has 1 unspecified atom stereocenters. The summed E-state index contributed by atoms with van der Waals surface area (Å²) in [5.41, 5.74) is 0. The Labute approximate surface area is 80.6 Å². The molecule has 0 aromatic heterocycles. The zero-order valence-electron chi connectivity index (χ0n) is 8.64. The molecule has 1 N–H and O–H groups in total. The van der Waals surface area contributed by atoms with Crippen LogP contribution < -0.4 is 0 Å². The van der Waals surface area contributed by atoms with Crippen LogP contribution in [-0.4, -0.2) is 36.2 Å².